The Bertz CT molecular complexity index is 1800. The van der Waals surface area contributed by atoms with E-state index in [1.165, 1.54) is 0 Å². The highest BCUT2D eigenvalue weighted by Gasteiger charge is 2.19. The molecule has 4 nitrogen and oxygen atoms in total. The minimum atomic E-state index is -0.323. The van der Waals surface area contributed by atoms with Crippen molar-refractivity contribution in [3.8, 4) is 28.2 Å². The quantitative estimate of drug-likeness (QED) is 0.156. The third-order valence-electron chi connectivity index (χ3n) is 6.89. The molecule has 6 aromatic rings. The van der Waals surface area contributed by atoms with Crippen LogP contribution in [0.3, 0.4) is 0 Å². The molecule has 0 spiro atoms. The van der Waals surface area contributed by atoms with Crippen LogP contribution in [0.2, 0.25) is 0 Å². The molecule has 4 heteroatoms. The molecule has 0 radical (unpaired) electrons. The summed E-state index contributed by atoms with van der Waals surface area (Å²) in [6, 6.07) is 44.9. The summed E-state index contributed by atoms with van der Waals surface area (Å²) in [6.07, 6.45) is 1.96. The van der Waals surface area contributed by atoms with E-state index in [0.29, 0.717) is 12.2 Å². The third kappa shape index (κ3) is 4.95. The van der Waals surface area contributed by atoms with Crippen LogP contribution in [0.1, 0.15) is 22.8 Å². The topological polar surface area (TPSA) is 43.6 Å². The highest BCUT2D eigenvalue weighted by Crippen LogP contribution is 2.36. The molecular weight excluding hydrogens is 492 g/mol. The molecule has 0 unspecified atom stereocenters. The van der Waals surface area contributed by atoms with Crippen molar-refractivity contribution in [1.29, 1.82) is 0 Å². The molecule has 0 bridgehead atoms. The van der Waals surface area contributed by atoms with Gasteiger partial charge in [0, 0.05) is 22.9 Å². The number of hydrogen-bond donors (Lipinski definition) is 0. The zero-order chi connectivity index (χ0) is 27.3. The second-order valence-corrected chi connectivity index (χ2v) is 9.42. The number of aromatic nitrogens is 1. The van der Waals surface area contributed by atoms with Crippen molar-refractivity contribution in [3.05, 3.63) is 145 Å². The molecule has 0 saturated heterocycles. The molecule has 0 N–H and O–H groups in total. The Hall–Kier alpha value is -5.22. The molecule has 5 aromatic carbocycles. The Morgan fingerprint density at radius 2 is 1.40 bits per heavy atom. The molecule has 0 fully saturated rings. The Balaban J connectivity index is 1.56. The Morgan fingerprint density at radius 3 is 2.12 bits per heavy atom. The number of rotatable bonds is 7. The van der Waals surface area contributed by atoms with E-state index in [0.717, 1.165) is 50.2 Å². The summed E-state index contributed by atoms with van der Waals surface area (Å²) in [4.78, 5) is 17.3. The van der Waals surface area contributed by atoms with E-state index in [-0.39, 0.29) is 5.97 Å². The van der Waals surface area contributed by atoms with Gasteiger partial charge in [-0.3, -0.25) is 4.99 Å². The molecule has 40 heavy (non-hydrogen) atoms. The van der Waals surface area contributed by atoms with E-state index in [2.05, 4.69) is 53.1 Å². The van der Waals surface area contributed by atoms with Crippen molar-refractivity contribution in [3.63, 3.8) is 0 Å². The minimum Gasteiger partial charge on any atom is -0.462 e. The van der Waals surface area contributed by atoms with Crippen LogP contribution in [-0.2, 0) is 4.74 Å². The fraction of sp³-hybridized carbons (Fsp3) is 0.0556. The molecule has 0 amide bonds. The van der Waals surface area contributed by atoms with Gasteiger partial charge in [0.15, 0.2) is 0 Å². The monoisotopic (exact) mass is 520 g/mol. The van der Waals surface area contributed by atoms with Gasteiger partial charge in [-0.2, -0.15) is 0 Å². The first-order valence-electron chi connectivity index (χ1n) is 13.4. The van der Waals surface area contributed by atoms with E-state index in [9.17, 15) is 4.79 Å². The average molecular weight is 521 g/mol. The van der Waals surface area contributed by atoms with Crippen molar-refractivity contribution in [2.24, 2.45) is 4.99 Å². The number of aliphatic imine (C=N–C) groups is 1. The van der Waals surface area contributed by atoms with E-state index in [1.807, 2.05) is 98.1 Å². The highest BCUT2D eigenvalue weighted by molar-refractivity contribution is 5.99. The summed E-state index contributed by atoms with van der Waals surface area (Å²) >= 11 is 0. The summed E-state index contributed by atoms with van der Waals surface area (Å²) in [5.74, 6) is -0.323. The van der Waals surface area contributed by atoms with Crippen LogP contribution in [0.25, 0.3) is 39.0 Å². The van der Waals surface area contributed by atoms with E-state index < -0.39 is 0 Å². The smallest absolute Gasteiger partial charge is 0.338 e. The zero-order valence-corrected chi connectivity index (χ0v) is 22.2. The SMILES string of the molecule is CCOC(=O)c1ccc(-n2c(-c3ccccc3)cc(C=Nc3cccc4ccccc34)c2-c2ccccc2)cc1. The predicted molar refractivity (Wildman–Crippen MR) is 164 cm³/mol. The lowest BCUT2D eigenvalue weighted by Crippen LogP contribution is -2.05. The van der Waals surface area contributed by atoms with Crippen LogP contribution in [0.5, 0.6) is 0 Å². The first-order valence-corrected chi connectivity index (χ1v) is 13.4. The fourth-order valence-corrected chi connectivity index (χ4v) is 5.03. The lowest BCUT2D eigenvalue weighted by Gasteiger charge is -2.15. The van der Waals surface area contributed by atoms with Gasteiger partial charge in [-0.25, -0.2) is 4.79 Å². The Kier molecular flexibility index (Phi) is 7.06. The summed E-state index contributed by atoms with van der Waals surface area (Å²) < 4.78 is 7.45. The van der Waals surface area contributed by atoms with Gasteiger partial charge in [0.05, 0.1) is 29.2 Å². The van der Waals surface area contributed by atoms with Gasteiger partial charge in [-0.1, -0.05) is 97.1 Å². The third-order valence-corrected chi connectivity index (χ3v) is 6.89. The maximum atomic E-state index is 12.3. The van der Waals surface area contributed by atoms with Crippen molar-refractivity contribution in [1.82, 2.24) is 4.57 Å². The molecule has 0 aliphatic rings. The zero-order valence-electron chi connectivity index (χ0n) is 22.2. The fourth-order valence-electron chi connectivity index (χ4n) is 5.03. The van der Waals surface area contributed by atoms with Gasteiger partial charge in [0.2, 0.25) is 0 Å². The first kappa shape index (κ1) is 25.1. The van der Waals surface area contributed by atoms with Crippen LogP contribution in [0.4, 0.5) is 5.69 Å². The van der Waals surface area contributed by atoms with Gasteiger partial charge in [-0.05, 0) is 59.8 Å². The van der Waals surface area contributed by atoms with Crippen molar-refractivity contribution in [2.45, 2.75) is 6.92 Å². The van der Waals surface area contributed by atoms with Crippen LogP contribution in [0, 0.1) is 0 Å². The van der Waals surface area contributed by atoms with Crippen molar-refractivity contribution in [2.75, 3.05) is 6.61 Å². The van der Waals surface area contributed by atoms with Crippen molar-refractivity contribution >= 4 is 28.6 Å². The minimum absolute atomic E-state index is 0.323. The Morgan fingerprint density at radius 1 is 0.750 bits per heavy atom. The number of benzene rings is 5. The van der Waals surface area contributed by atoms with Gasteiger partial charge < -0.3 is 9.30 Å². The van der Waals surface area contributed by atoms with Crippen molar-refractivity contribution < 1.29 is 9.53 Å². The highest BCUT2D eigenvalue weighted by atomic mass is 16.5. The molecule has 0 saturated carbocycles. The standard InChI is InChI=1S/C36H28N2O2/c1-2-40-36(39)29-20-22-31(23-21-29)38-34(27-13-5-3-6-14-27)24-30(35(38)28-15-7-4-8-16-28)25-37-33-19-11-17-26-12-9-10-18-32(26)33/h3-25H,2H2,1H3. The van der Waals surface area contributed by atoms with Gasteiger partial charge >= 0.3 is 5.97 Å². The second-order valence-electron chi connectivity index (χ2n) is 9.42. The molecule has 194 valence electrons. The number of carbonyl (C=O) groups excluding carboxylic acids is 1. The largest absolute Gasteiger partial charge is 0.462 e. The summed E-state index contributed by atoms with van der Waals surface area (Å²) in [7, 11) is 0. The van der Waals surface area contributed by atoms with Crippen LogP contribution >= 0.6 is 0 Å². The lowest BCUT2D eigenvalue weighted by atomic mass is 10.1. The van der Waals surface area contributed by atoms with Crippen LogP contribution < -0.4 is 0 Å². The number of hydrogen-bond acceptors (Lipinski definition) is 3. The average Bonchev–Trinajstić information content (AvgIpc) is 3.40. The van der Waals surface area contributed by atoms with E-state index in [1.54, 1.807) is 0 Å². The lowest BCUT2D eigenvalue weighted by molar-refractivity contribution is 0.0526. The molecule has 1 aromatic heterocycles. The number of carbonyl (C=O) groups is 1. The molecule has 1 heterocycles. The molecule has 0 atom stereocenters. The summed E-state index contributed by atoms with van der Waals surface area (Å²) in [5.41, 5.74) is 7.58. The predicted octanol–water partition coefficient (Wildman–Crippen LogP) is 8.89. The number of ether oxygens (including phenoxy) is 1. The first-order chi connectivity index (χ1) is 19.7. The molecule has 6 rings (SSSR count). The van der Waals surface area contributed by atoms with Crippen LogP contribution in [0.15, 0.2) is 138 Å². The molecule has 0 aliphatic carbocycles. The van der Waals surface area contributed by atoms with Gasteiger partial charge in [0.25, 0.3) is 0 Å². The van der Waals surface area contributed by atoms with Gasteiger partial charge in [0.1, 0.15) is 0 Å². The second kappa shape index (κ2) is 11.3. The summed E-state index contributed by atoms with van der Waals surface area (Å²) in [5, 5.41) is 2.27. The van der Waals surface area contributed by atoms with Gasteiger partial charge in [-0.15, -0.1) is 0 Å². The maximum absolute atomic E-state index is 12.3. The normalized spacial score (nSPS) is 11.2. The van der Waals surface area contributed by atoms with Crippen LogP contribution in [-0.4, -0.2) is 23.4 Å². The summed E-state index contributed by atoms with van der Waals surface area (Å²) in [6.45, 7) is 2.15. The maximum Gasteiger partial charge on any atom is 0.338 e. The number of fused-ring (bicyclic) bond motifs is 1. The molecular formula is C36H28N2O2. The number of esters is 1. The van der Waals surface area contributed by atoms with E-state index >= 15 is 0 Å². The van der Waals surface area contributed by atoms with E-state index in [4.69, 9.17) is 9.73 Å². The Labute approximate surface area is 233 Å². The molecule has 0 aliphatic heterocycles. The number of nitrogens with zero attached hydrogens (tertiary/aromatic N) is 2.